The fourth-order valence-electron chi connectivity index (χ4n) is 3.76. The Labute approximate surface area is 203 Å². The Morgan fingerprint density at radius 2 is 2.03 bits per heavy atom. The molecule has 0 bridgehead atoms. The number of anilines is 2. The maximum absolute atomic E-state index is 12.0. The van der Waals surface area contributed by atoms with E-state index in [4.69, 9.17) is 21.1 Å². The number of nitrogens with zero attached hydrogens (tertiary/aromatic N) is 3. The minimum atomic E-state index is -0.243. The van der Waals surface area contributed by atoms with Crippen LogP contribution in [0.1, 0.15) is 40.4 Å². The van der Waals surface area contributed by atoms with Crippen LogP contribution in [0.15, 0.2) is 42.9 Å². The highest BCUT2D eigenvalue weighted by atomic mass is 35.5. The molecule has 2 aromatic heterocycles. The first kappa shape index (κ1) is 23.7. The van der Waals surface area contributed by atoms with E-state index in [1.807, 2.05) is 12.1 Å². The number of aromatic nitrogens is 3. The van der Waals surface area contributed by atoms with Crippen molar-refractivity contribution in [3.63, 3.8) is 0 Å². The van der Waals surface area contributed by atoms with Crippen molar-refractivity contribution in [2.75, 3.05) is 32.6 Å². The largest absolute Gasteiger partial charge is 0.495 e. The van der Waals surface area contributed by atoms with Crippen LogP contribution < -0.4 is 25.4 Å². The average molecular weight is 483 g/mol. The number of halogens is 1. The molecule has 1 amide bonds. The molecule has 0 aliphatic carbocycles. The molecule has 1 fully saturated rings. The van der Waals surface area contributed by atoms with Crippen LogP contribution in [-0.2, 0) is 6.61 Å². The highest BCUT2D eigenvalue weighted by Crippen LogP contribution is 2.31. The summed E-state index contributed by atoms with van der Waals surface area (Å²) in [5, 5.41) is 9.53. The van der Waals surface area contributed by atoms with E-state index in [1.165, 1.54) is 13.5 Å². The number of amides is 1. The van der Waals surface area contributed by atoms with Crippen molar-refractivity contribution in [2.45, 2.75) is 25.4 Å². The predicted octanol–water partition coefficient (Wildman–Crippen LogP) is 3.68. The van der Waals surface area contributed by atoms with Crippen LogP contribution in [-0.4, -0.2) is 48.1 Å². The lowest BCUT2D eigenvalue weighted by molar-refractivity contribution is 0.0962. The van der Waals surface area contributed by atoms with Crippen LogP contribution in [0, 0.1) is 0 Å². The number of hydrogen-bond acceptors (Lipinski definition) is 8. The van der Waals surface area contributed by atoms with Gasteiger partial charge in [0.15, 0.2) is 5.75 Å². The molecule has 1 saturated heterocycles. The Morgan fingerprint density at radius 3 is 2.68 bits per heavy atom. The van der Waals surface area contributed by atoms with Gasteiger partial charge >= 0.3 is 0 Å². The fraction of sp³-hybridized carbons (Fsp3) is 0.333. The van der Waals surface area contributed by atoms with Crippen LogP contribution in [0.3, 0.4) is 0 Å². The third kappa shape index (κ3) is 5.73. The van der Waals surface area contributed by atoms with E-state index >= 15 is 0 Å². The smallest absolute Gasteiger partial charge is 0.251 e. The SMILES string of the molecule is CNC(=O)c1cc(COc2cnc(Nc3ccc([C@H]4CCCNC4)nc3)nc2)c(Cl)c(OC)c1. The standard InChI is InChI=1S/C24H27ClN6O3/c1-26-23(32)16-8-17(22(25)21(9-16)33-2)14-34-19-12-29-24(30-13-19)31-18-5-6-20(28-11-18)15-4-3-7-27-10-15/h5-6,8-9,11-13,15,27H,3-4,7,10,14H2,1-2H3,(H,26,32)(H,29,30,31)/t15-/m0/s1. The minimum Gasteiger partial charge on any atom is -0.495 e. The summed E-state index contributed by atoms with van der Waals surface area (Å²) in [6.07, 6.45) is 7.27. The average Bonchev–Trinajstić information content (AvgIpc) is 2.89. The second-order valence-electron chi connectivity index (χ2n) is 7.90. The highest BCUT2D eigenvalue weighted by molar-refractivity contribution is 6.33. The molecule has 3 N–H and O–H groups in total. The maximum Gasteiger partial charge on any atom is 0.251 e. The summed E-state index contributed by atoms with van der Waals surface area (Å²) in [5.41, 5.74) is 2.95. The summed E-state index contributed by atoms with van der Waals surface area (Å²) in [5.74, 6) is 1.51. The summed E-state index contributed by atoms with van der Waals surface area (Å²) in [4.78, 5) is 25.2. The molecule has 1 atom stereocenters. The number of pyridine rings is 1. The highest BCUT2D eigenvalue weighted by Gasteiger charge is 2.16. The lowest BCUT2D eigenvalue weighted by Crippen LogP contribution is -2.28. The van der Waals surface area contributed by atoms with Crippen LogP contribution in [0.4, 0.5) is 11.6 Å². The van der Waals surface area contributed by atoms with Crippen molar-refractivity contribution in [1.82, 2.24) is 25.6 Å². The third-order valence-electron chi connectivity index (χ3n) is 5.60. The number of benzene rings is 1. The number of carbonyl (C=O) groups is 1. The first-order chi connectivity index (χ1) is 16.6. The lowest BCUT2D eigenvalue weighted by atomic mass is 9.96. The summed E-state index contributed by atoms with van der Waals surface area (Å²) >= 11 is 6.38. The molecule has 1 aliphatic rings. The molecule has 0 unspecified atom stereocenters. The van der Waals surface area contributed by atoms with Gasteiger partial charge in [0.25, 0.3) is 5.91 Å². The number of rotatable bonds is 8. The first-order valence-corrected chi connectivity index (χ1v) is 11.4. The van der Waals surface area contributed by atoms with Crippen LogP contribution in [0.5, 0.6) is 11.5 Å². The van der Waals surface area contributed by atoms with Crippen molar-refractivity contribution in [2.24, 2.45) is 0 Å². The quantitative estimate of drug-likeness (QED) is 0.446. The van der Waals surface area contributed by atoms with Gasteiger partial charge in [0, 0.05) is 36.3 Å². The van der Waals surface area contributed by atoms with E-state index in [0.717, 1.165) is 30.9 Å². The van der Waals surface area contributed by atoms with Crippen molar-refractivity contribution < 1.29 is 14.3 Å². The molecular weight excluding hydrogens is 456 g/mol. The third-order valence-corrected chi connectivity index (χ3v) is 6.03. The molecule has 3 heterocycles. The molecule has 4 rings (SSSR count). The predicted molar refractivity (Wildman–Crippen MR) is 130 cm³/mol. The van der Waals surface area contributed by atoms with E-state index in [2.05, 4.69) is 30.9 Å². The lowest BCUT2D eigenvalue weighted by Gasteiger charge is -2.22. The van der Waals surface area contributed by atoms with Crippen molar-refractivity contribution >= 4 is 29.1 Å². The zero-order chi connectivity index (χ0) is 23.9. The number of nitrogens with one attached hydrogen (secondary N) is 3. The Kier molecular flexibility index (Phi) is 7.76. The number of piperidine rings is 1. The van der Waals surface area contributed by atoms with Crippen molar-refractivity contribution in [3.8, 4) is 11.5 Å². The van der Waals surface area contributed by atoms with Gasteiger partial charge in [-0.05, 0) is 43.7 Å². The van der Waals surface area contributed by atoms with Crippen molar-refractivity contribution in [1.29, 1.82) is 0 Å². The maximum atomic E-state index is 12.0. The van der Waals surface area contributed by atoms with E-state index in [9.17, 15) is 4.79 Å². The minimum absolute atomic E-state index is 0.123. The molecule has 1 aromatic carbocycles. The Hall–Kier alpha value is -3.43. The van der Waals surface area contributed by atoms with Crippen LogP contribution in [0.25, 0.3) is 0 Å². The van der Waals surface area contributed by atoms with E-state index in [1.54, 1.807) is 37.8 Å². The molecular formula is C24H27ClN6O3. The van der Waals surface area contributed by atoms with Gasteiger partial charge in [0.1, 0.15) is 12.4 Å². The van der Waals surface area contributed by atoms with E-state index < -0.39 is 0 Å². The summed E-state index contributed by atoms with van der Waals surface area (Å²) < 4.78 is 11.1. The zero-order valence-electron chi connectivity index (χ0n) is 19.1. The van der Waals surface area contributed by atoms with Crippen LogP contribution in [0.2, 0.25) is 5.02 Å². The molecule has 1 aliphatic heterocycles. The number of ether oxygens (including phenoxy) is 2. The fourth-order valence-corrected chi connectivity index (χ4v) is 4.00. The molecule has 3 aromatic rings. The van der Waals surface area contributed by atoms with Gasteiger partial charge in [-0.3, -0.25) is 9.78 Å². The molecule has 0 saturated carbocycles. The van der Waals surface area contributed by atoms with Gasteiger partial charge in [0.2, 0.25) is 5.95 Å². The van der Waals surface area contributed by atoms with Crippen LogP contribution >= 0.6 is 11.6 Å². The Morgan fingerprint density at radius 1 is 1.21 bits per heavy atom. The van der Waals surface area contributed by atoms with E-state index in [-0.39, 0.29) is 12.5 Å². The van der Waals surface area contributed by atoms with Gasteiger partial charge in [-0.1, -0.05) is 11.6 Å². The molecule has 0 radical (unpaired) electrons. The monoisotopic (exact) mass is 482 g/mol. The summed E-state index contributed by atoms with van der Waals surface area (Å²) in [6, 6.07) is 7.28. The number of carbonyl (C=O) groups excluding carboxylic acids is 1. The second-order valence-corrected chi connectivity index (χ2v) is 8.28. The molecule has 10 heteroatoms. The first-order valence-electron chi connectivity index (χ1n) is 11.0. The van der Waals surface area contributed by atoms with Gasteiger partial charge in [0.05, 0.1) is 36.4 Å². The molecule has 9 nitrogen and oxygen atoms in total. The van der Waals surface area contributed by atoms with E-state index in [0.29, 0.717) is 39.5 Å². The topological polar surface area (TPSA) is 110 Å². The van der Waals surface area contributed by atoms with Gasteiger partial charge < -0.3 is 25.4 Å². The molecule has 178 valence electrons. The molecule has 0 spiro atoms. The molecule has 34 heavy (non-hydrogen) atoms. The second kappa shape index (κ2) is 11.1. The van der Waals surface area contributed by atoms with Gasteiger partial charge in [-0.25, -0.2) is 9.97 Å². The number of methoxy groups -OCH3 is 1. The number of hydrogen-bond donors (Lipinski definition) is 3. The zero-order valence-corrected chi connectivity index (χ0v) is 19.9. The Balaban J connectivity index is 1.37. The van der Waals surface area contributed by atoms with Gasteiger partial charge in [-0.2, -0.15) is 0 Å². The normalized spacial score (nSPS) is 15.4. The Bertz CT molecular complexity index is 1120. The van der Waals surface area contributed by atoms with Crippen molar-refractivity contribution in [3.05, 3.63) is 64.7 Å². The summed E-state index contributed by atoms with van der Waals surface area (Å²) in [7, 11) is 3.06. The van der Waals surface area contributed by atoms with Gasteiger partial charge in [-0.15, -0.1) is 0 Å². The summed E-state index contributed by atoms with van der Waals surface area (Å²) in [6.45, 7) is 2.17.